The summed E-state index contributed by atoms with van der Waals surface area (Å²) in [6.07, 6.45) is 7.10. The molecular formula is C8H13NS. The van der Waals surface area contributed by atoms with Crippen LogP contribution in [0.15, 0.2) is 4.99 Å². The lowest BCUT2D eigenvalue weighted by atomic mass is 9.88. The lowest BCUT2D eigenvalue weighted by Crippen LogP contribution is -2.28. The molecule has 2 heteroatoms. The molecule has 0 aromatic rings. The summed E-state index contributed by atoms with van der Waals surface area (Å²) in [6, 6.07) is 0. The maximum atomic E-state index is 4.30. The molecule has 0 unspecified atom stereocenters. The quantitative estimate of drug-likeness (QED) is 0.523. The highest BCUT2D eigenvalue weighted by Gasteiger charge is 2.34. The Bertz CT molecular complexity index is 137. The molecule has 0 amide bonds. The van der Waals surface area contributed by atoms with Crippen LogP contribution in [0.4, 0.5) is 0 Å². The zero-order chi connectivity index (χ0) is 6.86. The smallest absolute Gasteiger partial charge is 0.0547 e. The molecular weight excluding hydrogens is 142 g/mol. The van der Waals surface area contributed by atoms with Crippen molar-refractivity contribution < 1.29 is 0 Å². The van der Waals surface area contributed by atoms with E-state index in [1.54, 1.807) is 0 Å². The fraction of sp³-hybridized carbons (Fsp3) is 0.875. The summed E-state index contributed by atoms with van der Waals surface area (Å²) in [5.41, 5.74) is 2.05. The number of hydrogen-bond acceptors (Lipinski definition) is 2. The number of thioether (sulfide) groups is 1. The summed E-state index contributed by atoms with van der Waals surface area (Å²) in [6.45, 7) is 1.09. The van der Waals surface area contributed by atoms with Crippen molar-refractivity contribution in [2.75, 3.05) is 6.54 Å². The highest BCUT2D eigenvalue weighted by atomic mass is 32.2. The second kappa shape index (κ2) is 2.57. The van der Waals surface area contributed by atoms with Gasteiger partial charge >= 0.3 is 0 Å². The summed E-state index contributed by atoms with van der Waals surface area (Å²) in [5, 5.41) is 0. The molecule has 1 aliphatic heterocycles. The summed E-state index contributed by atoms with van der Waals surface area (Å²) in [5.74, 6) is 0. The van der Waals surface area contributed by atoms with E-state index in [-0.39, 0.29) is 0 Å². The first-order valence-corrected chi connectivity index (χ1v) is 4.95. The van der Waals surface area contributed by atoms with Crippen molar-refractivity contribution in [2.24, 2.45) is 4.99 Å². The lowest BCUT2D eigenvalue weighted by Gasteiger charge is -2.30. The number of nitrogens with zero attached hydrogens (tertiary/aromatic N) is 1. The highest BCUT2D eigenvalue weighted by molar-refractivity contribution is 8.13. The van der Waals surface area contributed by atoms with Gasteiger partial charge < -0.3 is 0 Å². The third kappa shape index (κ3) is 1.09. The first-order valence-electron chi connectivity index (χ1n) is 4.07. The van der Waals surface area contributed by atoms with E-state index in [9.17, 15) is 0 Å². The van der Waals surface area contributed by atoms with Gasteiger partial charge in [0.15, 0.2) is 0 Å². The largest absolute Gasteiger partial charge is 0.285 e. The Morgan fingerprint density at radius 2 is 2.00 bits per heavy atom. The van der Waals surface area contributed by atoms with Gasteiger partial charge in [0.2, 0.25) is 0 Å². The van der Waals surface area contributed by atoms with Gasteiger partial charge in [-0.25, -0.2) is 0 Å². The molecule has 1 heterocycles. The third-order valence-corrected chi connectivity index (χ3v) is 3.81. The van der Waals surface area contributed by atoms with E-state index >= 15 is 0 Å². The highest BCUT2D eigenvalue weighted by Crippen LogP contribution is 2.41. The average molecular weight is 155 g/mol. The molecule has 1 fully saturated rings. The van der Waals surface area contributed by atoms with Gasteiger partial charge in [0.25, 0.3) is 0 Å². The molecule has 2 rings (SSSR count). The molecule has 0 aromatic heterocycles. The van der Waals surface area contributed by atoms with Crippen LogP contribution in [0.25, 0.3) is 0 Å². The van der Waals surface area contributed by atoms with Crippen LogP contribution in [0.3, 0.4) is 0 Å². The third-order valence-electron chi connectivity index (χ3n) is 2.52. The molecule has 1 nitrogen and oxygen atoms in total. The Kier molecular flexibility index (Phi) is 1.73. The SMILES string of the molecule is C1=NCC2(CCCCC2)S1. The van der Waals surface area contributed by atoms with Crippen LogP contribution in [0.2, 0.25) is 0 Å². The van der Waals surface area contributed by atoms with E-state index in [1.165, 1.54) is 32.1 Å². The van der Waals surface area contributed by atoms with Crippen molar-refractivity contribution >= 4 is 17.3 Å². The average Bonchev–Trinajstić information content (AvgIpc) is 2.39. The van der Waals surface area contributed by atoms with Gasteiger partial charge in [-0.1, -0.05) is 19.3 Å². The minimum atomic E-state index is 0.568. The molecule has 2 aliphatic rings. The van der Waals surface area contributed by atoms with Crippen LogP contribution in [0.5, 0.6) is 0 Å². The van der Waals surface area contributed by atoms with Gasteiger partial charge in [-0.15, -0.1) is 11.8 Å². The van der Waals surface area contributed by atoms with E-state index in [1.807, 2.05) is 17.3 Å². The van der Waals surface area contributed by atoms with E-state index in [0.29, 0.717) is 4.75 Å². The molecule has 56 valence electrons. The topological polar surface area (TPSA) is 12.4 Å². The Hall–Kier alpha value is 0.0200. The molecule has 10 heavy (non-hydrogen) atoms. The maximum Gasteiger partial charge on any atom is 0.0547 e. The molecule has 0 aromatic carbocycles. The monoisotopic (exact) mass is 155 g/mol. The summed E-state index contributed by atoms with van der Waals surface area (Å²) in [7, 11) is 0. The standard InChI is InChI=1S/C8H13NS/c1-2-4-8(5-3-1)6-9-7-10-8/h7H,1-6H2. The normalized spacial score (nSPS) is 29.6. The van der Waals surface area contributed by atoms with E-state index in [4.69, 9.17) is 0 Å². The molecule has 0 radical (unpaired) electrons. The Morgan fingerprint density at radius 1 is 1.20 bits per heavy atom. The van der Waals surface area contributed by atoms with Crippen LogP contribution in [-0.2, 0) is 0 Å². The molecule has 0 bridgehead atoms. The van der Waals surface area contributed by atoms with Crippen LogP contribution in [0.1, 0.15) is 32.1 Å². The molecule has 0 atom stereocenters. The molecule has 1 aliphatic carbocycles. The zero-order valence-corrected chi connectivity index (χ0v) is 6.99. The van der Waals surface area contributed by atoms with Crippen molar-refractivity contribution in [1.82, 2.24) is 0 Å². The Labute approximate surface area is 66.3 Å². The van der Waals surface area contributed by atoms with E-state index in [2.05, 4.69) is 4.99 Å². The fourth-order valence-corrected chi connectivity index (χ4v) is 2.91. The van der Waals surface area contributed by atoms with Gasteiger partial charge in [-0.3, -0.25) is 4.99 Å². The minimum Gasteiger partial charge on any atom is -0.285 e. The van der Waals surface area contributed by atoms with Gasteiger partial charge in [0.05, 0.1) is 12.1 Å². The van der Waals surface area contributed by atoms with Gasteiger partial charge in [-0.2, -0.15) is 0 Å². The van der Waals surface area contributed by atoms with Crippen LogP contribution in [0, 0.1) is 0 Å². The molecule has 0 N–H and O–H groups in total. The molecule has 1 spiro atoms. The predicted molar refractivity (Wildman–Crippen MR) is 46.8 cm³/mol. The van der Waals surface area contributed by atoms with E-state index < -0.39 is 0 Å². The lowest BCUT2D eigenvalue weighted by molar-refractivity contribution is 0.409. The van der Waals surface area contributed by atoms with Crippen molar-refractivity contribution in [2.45, 2.75) is 36.9 Å². The van der Waals surface area contributed by atoms with E-state index in [0.717, 1.165) is 6.54 Å². The number of rotatable bonds is 0. The van der Waals surface area contributed by atoms with Gasteiger partial charge in [0.1, 0.15) is 0 Å². The van der Waals surface area contributed by atoms with Gasteiger partial charge in [-0.05, 0) is 12.8 Å². The Balaban J connectivity index is 2.00. The maximum absolute atomic E-state index is 4.30. The van der Waals surface area contributed by atoms with Crippen molar-refractivity contribution in [1.29, 1.82) is 0 Å². The molecule has 1 saturated carbocycles. The second-order valence-corrected chi connectivity index (χ2v) is 4.62. The van der Waals surface area contributed by atoms with Crippen molar-refractivity contribution in [3.63, 3.8) is 0 Å². The van der Waals surface area contributed by atoms with Crippen molar-refractivity contribution in [3.05, 3.63) is 0 Å². The first-order chi connectivity index (χ1) is 4.91. The first kappa shape index (κ1) is 6.71. The fourth-order valence-electron chi connectivity index (χ4n) is 1.86. The minimum absolute atomic E-state index is 0.568. The summed E-state index contributed by atoms with van der Waals surface area (Å²) in [4.78, 5) is 4.30. The second-order valence-electron chi connectivity index (χ2n) is 3.31. The van der Waals surface area contributed by atoms with Crippen LogP contribution >= 0.6 is 11.8 Å². The summed E-state index contributed by atoms with van der Waals surface area (Å²) < 4.78 is 0.568. The van der Waals surface area contributed by atoms with Crippen LogP contribution in [-0.4, -0.2) is 16.8 Å². The predicted octanol–water partition coefficient (Wildman–Crippen LogP) is 2.46. The summed E-state index contributed by atoms with van der Waals surface area (Å²) >= 11 is 1.97. The number of aliphatic imine (C=N–C) groups is 1. The number of hydrogen-bond donors (Lipinski definition) is 0. The van der Waals surface area contributed by atoms with Gasteiger partial charge in [0, 0.05) is 4.75 Å². The van der Waals surface area contributed by atoms with Crippen LogP contribution < -0.4 is 0 Å². The zero-order valence-electron chi connectivity index (χ0n) is 6.18. The van der Waals surface area contributed by atoms with Crippen molar-refractivity contribution in [3.8, 4) is 0 Å². The Morgan fingerprint density at radius 3 is 2.60 bits per heavy atom. The molecule has 0 saturated heterocycles.